The van der Waals surface area contributed by atoms with Crippen molar-refractivity contribution in [3.8, 4) is 11.5 Å². The molecular formula is C18H18BrN3O6. The number of nitro groups is 1. The fraction of sp³-hybridized carbons (Fsp3) is 0.222. The van der Waals surface area contributed by atoms with Gasteiger partial charge in [0.1, 0.15) is 5.75 Å². The van der Waals surface area contributed by atoms with Crippen LogP contribution in [0.1, 0.15) is 12.5 Å². The highest BCUT2D eigenvalue weighted by atomic mass is 79.9. The zero-order valence-corrected chi connectivity index (χ0v) is 16.7. The molecule has 10 heteroatoms. The Morgan fingerprint density at radius 1 is 1.18 bits per heavy atom. The van der Waals surface area contributed by atoms with Crippen molar-refractivity contribution in [3.63, 3.8) is 0 Å². The van der Waals surface area contributed by atoms with Crippen molar-refractivity contribution in [3.05, 3.63) is 62.6 Å². The predicted octanol–water partition coefficient (Wildman–Crippen LogP) is 2.66. The molecule has 0 aliphatic heterocycles. The predicted molar refractivity (Wildman–Crippen MR) is 104 cm³/mol. The minimum atomic E-state index is -1.08. The van der Waals surface area contributed by atoms with Crippen molar-refractivity contribution in [1.82, 2.24) is 10.9 Å². The van der Waals surface area contributed by atoms with Crippen LogP contribution in [0.2, 0.25) is 0 Å². The van der Waals surface area contributed by atoms with Crippen LogP contribution in [0.3, 0.4) is 0 Å². The second kappa shape index (κ2) is 9.70. The van der Waals surface area contributed by atoms with Crippen LogP contribution in [0.5, 0.6) is 11.5 Å². The van der Waals surface area contributed by atoms with Crippen LogP contribution in [0.15, 0.2) is 46.9 Å². The number of amides is 2. The van der Waals surface area contributed by atoms with E-state index in [1.807, 2.05) is 19.1 Å². The van der Waals surface area contributed by atoms with Crippen molar-refractivity contribution in [2.75, 3.05) is 6.61 Å². The van der Waals surface area contributed by atoms with Gasteiger partial charge in [-0.05, 0) is 53.5 Å². The third kappa shape index (κ3) is 5.95. The molecule has 0 radical (unpaired) electrons. The molecule has 2 aromatic carbocycles. The largest absolute Gasteiger partial charge is 0.483 e. The molecule has 0 fully saturated rings. The number of hydrogen-bond donors (Lipinski definition) is 2. The number of para-hydroxylation sites is 2. The highest BCUT2D eigenvalue weighted by Gasteiger charge is 2.21. The van der Waals surface area contributed by atoms with Gasteiger partial charge in [0, 0.05) is 6.07 Å². The summed E-state index contributed by atoms with van der Waals surface area (Å²) < 4.78 is 11.4. The summed E-state index contributed by atoms with van der Waals surface area (Å²) in [4.78, 5) is 34.2. The van der Waals surface area contributed by atoms with Crippen molar-refractivity contribution in [2.45, 2.75) is 20.0 Å². The van der Waals surface area contributed by atoms with Gasteiger partial charge in [-0.15, -0.1) is 0 Å². The first-order valence-electron chi connectivity index (χ1n) is 8.15. The number of ether oxygens (including phenoxy) is 2. The number of carbonyl (C=O) groups excluding carboxylic acids is 2. The smallest absolute Gasteiger partial charge is 0.310 e. The lowest BCUT2D eigenvalue weighted by Crippen LogP contribution is -2.48. The van der Waals surface area contributed by atoms with E-state index in [-0.39, 0.29) is 18.0 Å². The van der Waals surface area contributed by atoms with Gasteiger partial charge < -0.3 is 9.47 Å². The molecule has 2 N–H and O–H groups in total. The maximum absolute atomic E-state index is 12.0. The van der Waals surface area contributed by atoms with E-state index in [4.69, 9.17) is 9.47 Å². The Kier molecular flexibility index (Phi) is 7.33. The summed E-state index contributed by atoms with van der Waals surface area (Å²) in [5, 5.41) is 11.0. The molecule has 0 aliphatic carbocycles. The SMILES string of the molecule is Cc1ccc(OCC(=O)NNC(=O)C(C)Oc2ccccc2[N+](=O)[O-])c(Br)c1. The molecular weight excluding hydrogens is 434 g/mol. The Hall–Kier alpha value is -3.14. The number of nitro benzene ring substituents is 1. The fourth-order valence-corrected chi connectivity index (χ4v) is 2.69. The molecule has 28 heavy (non-hydrogen) atoms. The van der Waals surface area contributed by atoms with Gasteiger partial charge in [-0.25, -0.2) is 0 Å². The summed E-state index contributed by atoms with van der Waals surface area (Å²) in [5.41, 5.74) is 5.15. The normalized spacial score (nSPS) is 11.2. The summed E-state index contributed by atoms with van der Waals surface area (Å²) in [6.45, 7) is 3.00. The molecule has 1 atom stereocenters. The van der Waals surface area contributed by atoms with Gasteiger partial charge in [0.2, 0.25) is 0 Å². The first-order valence-corrected chi connectivity index (χ1v) is 8.95. The molecule has 0 aromatic heterocycles. The molecule has 0 saturated heterocycles. The number of rotatable bonds is 7. The van der Waals surface area contributed by atoms with Gasteiger partial charge in [-0.2, -0.15) is 0 Å². The average Bonchev–Trinajstić information content (AvgIpc) is 2.65. The molecule has 0 saturated carbocycles. The van der Waals surface area contributed by atoms with E-state index >= 15 is 0 Å². The van der Waals surface area contributed by atoms with Crippen molar-refractivity contribution < 1.29 is 24.0 Å². The Balaban J connectivity index is 1.82. The van der Waals surface area contributed by atoms with E-state index in [1.54, 1.807) is 12.1 Å². The van der Waals surface area contributed by atoms with Crippen LogP contribution >= 0.6 is 15.9 Å². The van der Waals surface area contributed by atoms with E-state index in [2.05, 4.69) is 26.8 Å². The Morgan fingerprint density at radius 2 is 1.89 bits per heavy atom. The maximum atomic E-state index is 12.0. The zero-order chi connectivity index (χ0) is 20.7. The summed E-state index contributed by atoms with van der Waals surface area (Å²) >= 11 is 3.34. The number of hydrazine groups is 1. The molecule has 2 aromatic rings. The topological polar surface area (TPSA) is 120 Å². The van der Waals surface area contributed by atoms with Crippen molar-refractivity contribution >= 4 is 33.4 Å². The standard InChI is InChI=1S/C18H18BrN3O6/c1-11-7-8-15(13(19)9-11)27-10-17(23)20-21-18(24)12(2)28-16-6-4-3-5-14(16)22(25)26/h3-9,12H,10H2,1-2H3,(H,20,23)(H,21,24). The van der Waals surface area contributed by atoms with Crippen LogP contribution < -0.4 is 20.3 Å². The fourth-order valence-electron chi connectivity index (χ4n) is 2.09. The zero-order valence-electron chi connectivity index (χ0n) is 15.1. The van der Waals surface area contributed by atoms with E-state index in [9.17, 15) is 19.7 Å². The molecule has 2 rings (SSSR count). The van der Waals surface area contributed by atoms with Crippen LogP contribution in [-0.2, 0) is 9.59 Å². The van der Waals surface area contributed by atoms with Gasteiger partial charge in [0.25, 0.3) is 11.8 Å². The highest BCUT2D eigenvalue weighted by molar-refractivity contribution is 9.10. The van der Waals surface area contributed by atoms with E-state index in [1.165, 1.54) is 25.1 Å². The average molecular weight is 452 g/mol. The number of carbonyl (C=O) groups is 2. The first kappa shape index (κ1) is 21.2. The number of nitrogens with one attached hydrogen (secondary N) is 2. The molecule has 148 valence electrons. The Morgan fingerprint density at radius 3 is 2.57 bits per heavy atom. The summed E-state index contributed by atoms with van der Waals surface area (Å²) in [6, 6.07) is 11.1. The summed E-state index contributed by atoms with van der Waals surface area (Å²) in [6.07, 6.45) is -1.08. The molecule has 2 amide bonds. The second-order valence-corrected chi connectivity index (χ2v) is 6.60. The summed E-state index contributed by atoms with van der Waals surface area (Å²) in [7, 11) is 0. The third-order valence-corrected chi connectivity index (χ3v) is 4.13. The van der Waals surface area contributed by atoms with Gasteiger partial charge >= 0.3 is 5.69 Å². The number of halogens is 1. The second-order valence-electron chi connectivity index (χ2n) is 5.74. The minimum Gasteiger partial charge on any atom is -0.483 e. The van der Waals surface area contributed by atoms with E-state index in [0.29, 0.717) is 10.2 Å². The van der Waals surface area contributed by atoms with E-state index < -0.39 is 22.8 Å². The monoisotopic (exact) mass is 451 g/mol. The molecule has 0 bridgehead atoms. The minimum absolute atomic E-state index is 0.0472. The van der Waals surface area contributed by atoms with Crippen molar-refractivity contribution in [2.24, 2.45) is 0 Å². The Bertz CT molecular complexity index is 889. The van der Waals surface area contributed by atoms with E-state index in [0.717, 1.165) is 5.56 Å². The number of aryl methyl sites for hydroxylation is 1. The van der Waals surface area contributed by atoms with Crippen LogP contribution in [0.25, 0.3) is 0 Å². The Labute approximate surface area is 169 Å². The lowest BCUT2D eigenvalue weighted by Gasteiger charge is -2.15. The number of nitrogens with zero attached hydrogens (tertiary/aromatic N) is 1. The summed E-state index contributed by atoms with van der Waals surface area (Å²) in [5.74, 6) is -0.823. The van der Waals surface area contributed by atoms with Crippen molar-refractivity contribution in [1.29, 1.82) is 0 Å². The maximum Gasteiger partial charge on any atom is 0.310 e. The molecule has 9 nitrogen and oxygen atoms in total. The van der Waals surface area contributed by atoms with Gasteiger partial charge in [-0.3, -0.25) is 30.6 Å². The lowest BCUT2D eigenvalue weighted by atomic mass is 10.2. The van der Waals surface area contributed by atoms with Gasteiger partial charge in [-0.1, -0.05) is 18.2 Å². The highest BCUT2D eigenvalue weighted by Crippen LogP contribution is 2.27. The van der Waals surface area contributed by atoms with Crippen LogP contribution in [0.4, 0.5) is 5.69 Å². The lowest BCUT2D eigenvalue weighted by molar-refractivity contribution is -0.386. The first-order chi connectivity index (χ1) is 13.3. The number of hydrogen-bond acceptors (Lipinski definition) is 6. The molecule has 1 unspecified atom stereocenters. The van der Waals surface area contributed by atoms with Gasteiger partial charge in [0.05, 0.1) is 9.40 Å². The molecule has 0 spiro atoms. The quantitative estimate of drug-likeness (QED) is 0.493. The molecule has 0 aliphatic rings. The van der Waals surface area contributed by atoms with Crippen LogP contribution in [-0.4, -0.2) is 29.4 Å². The third-order valence-electron chi connectivity index (χ3n) is 3.51. The van der Waals surface area contributed by atoms with Gasteiger partial charge in [0.15, 0.2) is 18.5 Å². The van der Waals surface area contributed by atoms with Crippen LogP contribution in [0, 0.1) is 17.0 Å². The molecule has 0 heterocycles. The number of benzene rings is 2.